The van der Waals surface area contributed by atoms with Crippen molar-refractivity contribution in [1.82, 2.24) is 5.43 Å². The number of fused-ring (bicyclic) bond motifs is 1. The highest BCUT2D eigenvalue weighted by Gasteiger charge is 2.28. The Bertz CT molecular complexity index is 476. The third-order valence-electron chi connectivity index (χ3n) is 2.23. The highest BCUT2D eigenvalue weighted by atomic mass is 16.6. The molecule has 1 heterocycles. The number of benzene rings is 1. The first-order valence-corrected chi connectivity index (χ1v) is 4.70. The van der Waals surface area contributed by atoms with Crippen LogP contribution < -0.4 is 20.7 Å². The maximum absolute atomic E-state index is 11.2. The number of ether oxygens (including phenoxy) is 2. The second kappa shape index (κ2) is 4.26. The van der Waals surface area contributed by atoms with Gasteiger partial charge in [0.15, 0.2) is 11.5 Å². The predicted molar refractivity (Wildman–Crippen MR) is 55.3 cm³/mol. The minimum absolute atomic E-state index is 0.0444. The Labute approximate surface area is 95.4 Å². The fourth-order valence-electron chi connectivity index (χ4n) is 1.40. The molecule has 1 aromatic carbocycles. The molecule has 0 radical (unpaired) electrons. The number of nitrogens with two attached hydrogens (primary N) is 1. The van der Waals surface area contributed by atoms with Gasteiger partial charge in [-0.05, 0) is 6.07 Å². The molecule has 1 amide bonds. The van der Waals surface area contributed by atoms with E-state index >= 15 is 0 Å². The van der Waals surface area contributed by atoms with Gasteiger partial charge in [0.2, 0.25) is 6.10 Å². The van der Waals surface area contributed by atoms with Crippen molar-refractivity contribution in [3.05, 3.63) is 28.3 Å². The summed E-state index contributed by atoms with van der Waals surface area (Å²) in [5.74, 6) is 4.95. The number of amides is 1. The second-order valence-corrected chi connectivity index (χ2v) is 3.31. The van der Waals surface area contributed by atoms with Gasteiger partial charge in [-0.3, -0.25) is 20.3 Å². The molecule has 0 aliphatic carbocycles. The Hall–Kier alpha value is -2.35. The average Bonchev–Trinajstić information content (AvgIpc) is 2.36. The van der Waals surface area contributed by atoms with E-state index in [0.717, 1.165) is 0 Å². The Morgan fingerprint density at radius 2 is 2.29 bits per heavy atom. The van der Waals surface area contributed by atoms with Crippen LogP contribution in [0.2, 0.25) is 0 Å². The molecule has 8 heteroatoms. The van der Waals surface area contributed by atoms with Crippen molar-refractivity contribution in [3.8, 4) is 11.5 Å². The molecule has 90 valence electrons. The van der Waals surface area contributed by atoms with Gasteiger partial charge in [0.25, 0.3) is 11.6 Å². The van der Waals surface area contributed by atoms with Gasteiger partial charge in [-0.15, -0.1) is 0 Å². The second-order valence-electron chi connectivity index (χ2n) is 3.31. The fraction of sp³-hybridized carbons (Fsp3) is 0.222. The number of rotatable bonds is 2. The van der Waals surface area contributed by atoms with Gasteiger partial charge < -0.3 is 9.47 Å². The first-order valence-electron chi connectivity index (χ1n) is 4.70. The molecule has 1 atom stereocenters. The summed E-state index contributed by atoms with van der Waals surface area (Å²) in [7, 11) is 0. The molecular weight excluding hydrogens is 230 g/mol. The van der Waals surface area contributed by atoms with E-state index in [4.69, 9.17) is 15.3 Å². The molecule has 17 heavy (non-hydrogen) atoms. The summed E-state index contributed by atoms with van der Waals surface area (Å²) in [6, 6.07) is 3.89. The number of hydrogen-bond acceptors (Lipinski definition) is 6. The SMILES string of the molecule is NNC(=O)C1COc2cc([N+](=O)[O-])ccc2O1. The minimum atomic E-state index is -0.853. The van der Waals surface area contributed by atoms with E-state index in [1.807, 2.05) is 5.43 Å². The lowest BCUT2D eigenvalue weighted by atomic mass is 10.2. The quantitative estimate of drug-likeness (QED) is 0.317. The van der Waals surface area contributed by atoms with Crippen molar-refractivity contribution < 1.29 is 19.2 Å². The van der Waals surface area contributed by atoms with Crippen LogP contribution in [0.4, 0.5) is 5.69 Å². The number of nitrogens with zero attached hydrogens (tertiary/aromatic N) is 1. The molecule has 0 saturated carbocycles. The lowest BCUT2D eigenvalue weighted by Gasteiger charge is -2.24. The molecule has 0 bridgehead atoms. The molecule has 0 saturated heterocycles. The van der Waals surface area contributed by atoms with Gasteiger partial charge >= 0.3 is 0 Å². The summed E-state index contributed by atoms with van der Waals surface area (Å²) >= 11 is 0. The number of hydrazine groups is 1. The van der Waals surface area contributed by atoms with Crippen molar-refractivity contribution in [2.45, 2.75) is 6.10 Å². The van der Waals surface area contributed by atoms with E-state index in [1.54, 1.807) is 0 Å². The topological polar surface area (TPSA) is 117 Å². The average molecular weight is 239 g/mol. The zero-order valence-electron chi connectivity index (χ0n) is 8.58. The first kappa shape index (κ1) is 11.1. The molecule has 1 aliphatic rings. The van der Waals surface area contributed by atoms with Crippen molar-refractivity contribution in [2.75, 3.05) is 6.61 Å². The Morgan fingerprint density at radius 1 is 1.53 bits per heavy atom. The molecule has 2 rings (SSSR count). The van der Waals surface area contributed by atoms with Crippen LogP contribution in [0, 0.1) is 10.1 Å². The largest absolute Gasteiger partial charge is 0.485 e. The number of non-ortho nitro benzene ring substituents is 1. The van der Waals surface area contributed by atoms with Crippen LogP contribution in [-0.4, -0.2) is 23.5 Å². The smallest absolute Gasteiger partial charge is 0.278 e. The normalized spacial score (nSPS) is 17.4. The van der Waals surface area contributed by atoms with Crippen molar-refractivity contribution >= 4 is 11.6 Å². The Morgan fingerprint density at radius 3 is 2.94 bits per heavy atom. The van der Waals surface area contributed by atoms with Crippen molar-refractivity contribution in [3.63, 3.8) is 0 Å². The summed E-state index contributed by atoms with van der Waals surface area (Å²) in [6.45, 7) is -0.0444. The maximum Gasteiger partial charge on any atom is 0.278 e. The number of hydrogen-bond donors (Lipinski definition) is 2. The lowest BCUT2D eigenvalue weighted by molar-refractivity contribution is -0.385. The zero-order valence-corrected chi connectivity index (χ0v) is 8.58. The van der Waals surface area contributed by atoms with Gasteiger partial charge in [-0.2, -0.15) is 0 Å². The molecule has 1 unspecified atom stereocenters. The highest BCUT2D eigenvalue weighted by Crippen LogP contribution is 2.34. The number of carbonyl (C=O) groups excluding carboxylic acids is 1. The Balaban J connectivity index is 2.23. The van der Waals surface area contributed by atoms with Crippen LogP contribution in [0.1, 0.15) is 0 Å². The summed E-state index contributed by atoms with van der Waals surface area (Å²) in [6.07, 6.45) is -0.853. The van der Waals surface area contributed by atoms with E-state index in [2.05, 4.69) is 0 Å². The fourth-order valence-corrected chi connectivity index (χ4v) is 1.40. The van der Waals surface area contributed by atoms with Crippen LogP contribution in [0.3, 0.4) is 0 Å². The van der Waals surface area contributed by atoms with Crippen LogP contribution >= 0.6 is 0 Å². The molecule has 0 aromatic heterocycles. The monoisotopic (exact) mass is 239 g/mol. The van der Waals surface area contributed by atoms with E-state index in [0.29, 0.717) is 0 Å². The van der Waals surface area contributed by atoms with Crippen LogP contribution in [0.5, 0.6) is 11.5 Å². The maximum atomic E-state index is 11.2. The molecule has 8 nitrogen and oxygen atoms in total. The van der Waals surface area contributed by atoms with Crippen LogP contribution in [-0.2, 0) is 4.79 Å². The summed E-state index contributed by atoms with van der Waals surface area (Å²) < 4.78 is 10.5. The predicted octanol–water partition coefficient (Wildman–Crippen LogP) is -0.275. The molecule has 1 aromatic rings. The van der Waals surface area contributed by atoms with Gasteiger partial charge in [0.05, 0.1) is 11.0 Å². The molecule has 3 N–H and O–H groups in total. The number of carbonyl (C=O) groups is 1. The summed E-state index contributed by atoms with van der Waals surface area (Å²) in [5, 5.41) is 10.5. The third-order valence-corrected chi connectivity index (χ3v) is 2.23. The van der Waals surface area contributed by atoms with Crippen LogP contribution in [0.15, 0.2) is 18.2 Å². The zero-order chi connectivity index (χ0) is 12.4. The third kappa shape index (κ3) is 2.11. The lowest BCUT2D eigenvalue weighted by Crippen LogP contribution is -2.46. The summed E-state index contributed by atoms with van der Waals surface area (Å²) in [4.78, 5) is 21.2. The molecule has 1 aliphatic heterocycles. The van der Waals surface area contributed by atoms with E-state index in [9.17, 15) is 14.9 Å². The number of nitrogens with one attached hydrogen (secondary N) is 1. The van der Waals surface area contributed by atoms with Gasteiger partial charge in [0, 0.05) is 6.07 Å². The van der Waals surface area contributed by atoms with E-state index in [-0.39, 0.29) is 23.8 Å². The number of nitro groups is 1. The van der Waals surface area contributed by atoms with Gasteiger partial charge in [-0.25, -0.2) is 5.84 Å². The number of nitro benzene ring substituents is 1. The molecule has 0 spiro atoms. The first-order chi connectivity index (χ1) is 8.11. The van der Waals surface area contributed by atoms with E-state index in [1.165, 1.54) is 18.2 Å². The van der Waals surface area contributed by atoms with Gasteiger partial charge in [-0.1, -0.05) is 0 Å². The minimum Gasteiger partial charge on any atom is -0.485 e. The van der Waals surface area contributed by atoms with Crippen molar-refractivity contribution in [1.29, 1.82) is 0 Å². The summed E-state index contributed by atoms with van der Waals surface area (Å²) in [5.41, 5.74) is 1.84. The van der Waals surface area contributed by atoms with Crippen molar-refractivity contribution in [2.24, 2.45) is 5.84 Å². The standard InChI is InChI=1S/C9H9N3O5/c10-11-9(13)8-4-16-7-3-5(12(14)15)1-2-6(7)17-8/h1-3,8H,4,10H2,(H,11,13). The van der Waals surface area contributed by atoms with E-state index < -0.39 is 16.9 Å². The van der Waals surface area contributed by atoms with Crippen LogP contribution in [0.25, 0.3) is 0 Å². The Kier molecular flexibility index (Phi) is 2.79. The molecular formula is C9H9N3O5. The highest BCUT2D eigenvalue weighted by molar-refractivity contribution is 5.81. The van der Waals surface area contributed by atoms with Gasteiger partial charge in [0.1, 0.15) is 6.61 Å². The molecule has 0 fully saturated rings.